The van der Waals surface area contributed by atoms with Crippen LogP contribution in [-0.2, 0) is 6.54 Å². The minimum Gasteiger partial charge on any atom is -0.352 e. The predicted octanol–water partition coefficient (Wildman–Crippen LogP) is 2.97. The second-order valence-corrected chi connectivity index (χ2v) is 7.63. The van der Waals surface area contributed by atoms with Gasteiger partial charge in [0.15, 0.2) is 0 Å². The molecule has 1 aliphatic heterocycles. The van der Waals surface area contributed by atoms with Crippen molar-refractivity contribution in [2.75, 3.05) is 17.2 Å². The normalized spacial score (nSPS) is 26.9. The van der Waals surface area contributed by atoms with Gasteiger partial charge in [-0.05, 0) is 43.9 Å². The van der Waals surface area contributed by atoms with Crippen molar-refractivity contribution in [2.45, 2.75) is 57.5 Å². The van der Waals surface area contributed by atoms with Gasteiger partial charge in [-0.1, -0.05) is 6.92 Å². The van der Waals surface area contributed by atoms with E-state index < -0.39 is 0 Å². The summed E-state index contributed by atoms with van der Waals surface area (Å²) in [5.74, 6) is 2.39. The Kier molecular flexibility index (Phi) is 4.22. The highest BCUT2D eigenvalue weighted by Crippen LogP contribution is 2.30. The largest absolute Gasteiger partial charge is 0.352 e. The van der Waals surface area contributed by atoms with Gasteiger partial charge in [-0.3, -0.25) is 0 Å². The summed E-state index contributed by atoms with van der Waals surface area (Å²) in [5.41, 5.74) is 2.62. The molecule has 0 bridgehead atoms. The molecule has 1 aliphatic carbocycles. The van der Waals surface area contributed by atoms with Gasteiger partial charge in [-0.25, -0.2) is 4.98 Å². The third kappa shape index (κ3) is 3.12. The van der Waals surface area contributed by atoms with Crippen molar-refractivity contribution >= 4 is 17.6 Å². The van der Waals surface area contributed by atoms with Crippen LogP contribution in [0.4, 0.5) is 5.82 Å². The summed E-state index contributed by atoms with van der Waals surface area (Å²) in [6.45, 7) is 8.91. The number of thioether (sulfide) groups is 1. The van der Waals surface area contributed by atoms with Crippen LogP contribution < -0.4 is 10.2 Å². The third-order valence-electron chi connectivity index (χ3n) is 4.44. The molecule has 0 spiro atoms. The Labute approximate surface area is 126 Å². The Balaban J connectivity index is 1.72. The number of hydrogen-bond acceptors (Lipinski definition) is 4. The Bertz CT molecular complexity index is 473. The van der Waals surface area contributed by atoms with Gasteiger partial charge in [-0.15, -0.1) is 0 Å². The second kappa shape index (κ2) is 5.94. The lowest BCUT2D eigenvalue weighted by Gasteiger charge is -2.39. The van der Waals surface area contributed by atoms with Gasteiger partial charge in [0.2, 0.25) is 0 Å². The van der Waals surface area contributed by atoms with E-state index >= 15 is 0 Å². The van der Waals surface area contributed by atoms with E-state index in [4.69, 9.17) is 4.98 Å². The minimum absolute atomic E-state index is 0.565. The molecule has 1 saturated carbocycles. The van der Waals surface area contributed by atoms with Gasteiger partial charge >= 0.3 is 0 Å². The van der Waals surface area contributed by atoms with Crippen molar-refractivity contribution in [3.05, 3.63) is 23.4 Å². The Hall–Kier alpha value is -0.740. The van der Waals surface area contributed by atoms with Crippen LogP contribution >= 0.6 is 11.8 Å². The van der Waals surface area contributed by atoms with Gasteiger partial charge < -0.3 is 10.2 Å². The van der Waals surface area contributed by atoms with Crippen LogP contribution in [0.1, 0.15) is 37.8 Å². The summed E-state index contributed by atoms with van der Waals surface area (Å²) in [4.78, 5) is 7.24. The summed E-state index contributed by atoms with van der Waals surface area (Å²) in [7, 11) is 0. The molecule has 1 saturated heterocycles. The molecule has 2 aliphatic rings. The first kappa shape index (κ1) is 14.2. The zero-order valence-corrected chi connectivity index (χ0v) is 13.5. The number of nitrogens with zero attached hydrogens (tertiary/aromatic N) is 2. The van der Waals surface area contributed by atoms with Crippen molar-refractivity contribution in [1.82, 2.24) is 10.3 Å². The zero-order valence-electron chi connectivity index (χ0n) is 12.7. The standard InChI is InChI=1S/C16H25N3S/c1-11-8-14(9-17-15-4-5-15)10-18-16(11)19-6-7-20-13(3)12(19)2/h8,10,12-13,15,17H,4-7,9H2,1-3H3. The van der Waals surface area contributed by atoms with Gasteiger partial charge in [0.1, 0.15) is 5.82 Å². The van der Waals surface area contributed by atoms with E-state index in [9.17, 15) is 0 Å². The van der Waals surface area contributed by atoms with Crippen LogP contribution in [0.5, 0.6) is 0 Å². The van der Waals surface area contributed by atoms with E-state index in [0.717, 1.165) is 19.1 Å². The fourth-order valence-electron chi connectivity index (χ4n) is 2.80. The number of rotatable bonds is 4. The van der Waals surface area contributed by atoms with Gasteiger partial charge in [0, 0.05) is 42.4 Å². The average Bonchev–Trinajstić information content (AvgIpc) is 3.24. The first-order valence-corrected chi connectivity index (χ1v) is 8.77. The minimum atomic E-state index is 0.565. The lowest BCUT2D eigenvalue weighted by Crippen LogP contribution is -2.45. The van der Waals surface area contributed by atoms with E-state index in [2.05, 4.69) is 55.0 Å². The summed E-state index contributed by atoms with van der Waals surface area (Å²) in [5, 5.41) is 4.24. The number of pyridine rings is 1. The average molecular weight is 291 g/mol. The first-order valence-electron chi connectivity index (χ1n) is 7.72. The molecule has 1 aromatic heterocycles. The van der Waals surface area contributed by atoms with Crippen LogP contribution in [0.25, 0.3) is 0 Å². The fourth-order valence-corrected chi connectivity index (χ4v) is 3.90. The molecule has 0 aromatic carbocycles. The van der Waals surface area contributed by atoms with Crippen molar-refractivity contribution in [3.63, 3.8) is 0 Å². The molecule has 2 unspecified atom stereocenters. The molecule has 2 atom stereocenters. The molecule has 110 valence electrons. The summed E-state index contributed by atoms with van der Waals surface area (Å²) in [6, 6.07) is 3.63. The quantitative estimate of drug-likeness (QED) is 0.923. The Morgan fingerprint density at radius 1 is 1.40 bits per heavy atom. The first-order chi connectivity index (χ1) is 9.65. The highest BCUT2D eigenvalue weighted by atomic mass is 32.2. The summed E-state index contributed by atoms with van der Waals surface area (Å²) < 4.78 is 0. The maximum Gasteiger partial charge on any atom is 0.131 e. The fraction of sp³-hybridized carbons (Fsp3) is 0.688. The van der Waals surface area contributed by atoms with Crippen LogP contribution in [-0.4, -0.2) is 34.6 Å². The number of aromatic nitrogens is 1. The molecule has 2 fully saturated rings. The predicted molar refractivity (Wildman–Crippen MR) is 87.6 cm³/mol. The zero-order chi connectivity index (χ0) is 14.1. The maximum atomic E-state index is 4.76. The maximum absolute atomic E-state index is 4.76. The summed E-state index contributed by atoms with van der Waals surface area (Å²) in [6.07, 6.45) is 4.73. The molecule has 0 amide bonds. The van der Waals surface area contributed by atoms with Gasteiger partial charge in [-0.2, -0.15) is 11.8 Å². The monoisotopic (exact) mass is 291 g/mol. The topological polar surface area (TPSA) is 28.2 Å². The third-order valence-corrected chi connectivity index (χ3v) is 5.77. The van der Waals surface area contributed by atoms with Crippen LogP contribution in [0.2, 0.25) is 0 Å². The lowest BCUT2D eigenvalue weighted by atomic mass is 10.1. The molecule has 1 N–H and O–H groups in total. The smallest absolute Gasteiger partial charge is 0.131 e. The molecular weight excluding hydrogens is 266 g/mol. The molecule has 20 heavy (non-hydrogen) atoms. The van der Waals surface area contributed by atoms with Gasteiger partial charge in [0.05, 0.1) is 0 Å². The molecular formula is C16H25N3S. The van der Waals surface area contributed by atoms with E-state index in [1.165, 1.54) is 35.5 Å². The summed E-state index contributed by atoms with van der Waals surface area (Å²) >= 11 is 2.07. The highest BCUT2D eigenvalue weighted by molar-refractivity contribution is 8.00. The highest BCUT2D eigenvalue weighted by Gasteiger charge is 2.27. The van der Waals surface area contributed by atoms with Crippen molar-refractivity contribution in [3.8, 4) is 0 Å². The lowest BCUT2D eigenvalue weighted by molar-refractivity contribution is 0.617. The van der Waals surface area contributed by atoms with Crippen LogP contribution in [0.3, 0.4) is 0 Å². The number of anilines is 1. The van der Waals surface area contributed by atoms with Crippen molar-refractivity contribution in [1.29, 1.82) is 0 Å². The van der Waals surface area contributed by atoms with E-state index in [-0.39, 0.29) is 0 Å². The molecule has 0 radical (unpaired) electrons. The van der Waals surface area contributed by atoms with E-state index in [1.807, 2.05) is 0 Å². The van der Waals surface area contributed by atoms with Crippen LogP contribution in [0, 0.1) is 6.92 Å². The molecule has 3 rings (SSSR count). The van der Waals surface area contributed by atoms with E-state index in [0.29, 0.717) is 11.3 Å². The Morgan fingerprint density at radius 3 is 2.90 bits per heavy atom. The van der Waals surface area contributed by atoms with Gasteiger partial charge in [0.25, 0.3) is 0 Å². The number of hydrogen-bond donors (Lipinski definition) is 1. The molecule has 4 heteroatoms. The van der Waals surface area contributed by atoms with E-state index in [1.54, 1.807) is 0 Å². The number of aryl methyl sites for hydroxylation is 1. The molecule has 1 aromatic rings. The Morgan fingerprint density at radius 2 is 2.20 bits per heavy atom. The van der Waals surface area contributed by atoms with Crippen LogP contribution in [0.15, 0.2) is 12.3 Å². The van der Waals surface area contributed by atoms with Crippen molar-refractivity contribution < 1.29 is 0 Å². The SMILES string of the molecule is Cc1cc(CNC2CC2)cnc1N1CCSC(C)C1C. The molecule has 3 nitrogen and oxygen atoms in total. The second-order valence-electron chi connectivity index (χ2n) is 6.15. The van der Waals surface area contributed by atoms with Crippen molar-refractivity contribution in [2.24, 2.45) is 0 Å². The number of nitrogens with one attached hydrogen (secondary N) is 1. The molecule has 2 heterocycles.